The first kappa shape index (κ1) is 16.7. The Hall–Kier alpha value is -3.11. The molecule has 0 unspecified atom stereocenters. The van der Waals surface area contributed by atoms with Crippen LogP contribution in [0.1, 0.15) is 5.56 Å². The first-order chi connectivity index (χ1) is 12.2. The predicted octanol–water partition coefficient (Wildman–Crippen LogP) is 4.13. The molecule has 1 heterocycles. The number of aliphatic imine (C=N–C) groups is 1. The van der Waals surface area contributed by atoms with Gasteiger partial charge in [0, 0.05) is 5.56 Å². The molecule has 0 spiro atoms. The summed E-state index contributed by atoms with van der Waals surface area (Å²) >= 11 is 1.35. The number of thioether (sulfide) groups is 1. The van der Waals surface area contributed by atoms with Gasteiger partial charge in [0.25, 0.3) is 5.89 Å². The van der Waals surface area contributed by atoms with Gasteiger partial charge in [0.15, 0.2) is 11.4 Å². The maximum absolute atomic E-state index is 8.79. The van der Waals surface area contributed by atoms with Crippen molar-refractivity contribution in [1.82, 2.24) is 15.5 Å². The summed E-state index contributed by atoms with van der Waals surface area (Å²) in [6.07, 6.45) is 3.72. The van der Waals surface area contributed by atoms with E-state index in [4.69, 9.17) is 9.78 Å². The molecule has 0 atom stereocenters. The van der Waals surface area contributed by atoms with E-state index in [-0.39, 0.29) is 0 Å². The van der Waals surface area contributed by atoms with E-state index in [1.165, 1.54) is 11.8 Å². The van der Waals surface area contributed by atoms with Gasteiger partial charge in [-0.2, -0.15) is 10.2 Å². The molecule has 0 radical (unpaired) electrons. The second kappa shape index (κ2) is 7.64. The van der Waals surface area contributed by atoms with Crippen LogP contribution in [0.5, 0.6) is 0 Å². The van der Waals surface area contributed by atoms with Gasteiger partial charge in [-0.3, -0.25) is 5.32 Å². The maximum Gasteiger partial charge on any atom is 0.260 e. The summed E-state index contributed by atoms with van der Waals surface area (Å²) in [6.45, 7) is 2.01. The summed E-state index contributed by atoms with van der Waals surface area (Å²) in [5.74, 6) is 0.908. The fourth-order valence-corrected chi connectivity index (χ4v) is 2.61. The number of para-hydroxylation sites is 1. The minimum atomic E-state index is 0.383. The lowest BCUT2D eigenvalue weighted by molar-refractivity contribution is 0.432. The molecule has 3 rings (SSSR count). The Labute approximate surface area is 149 Å². The number of hydrogen-bond acceptors (Lipinski definition) is 6. The van der Waals surface area contributed by atoms with Crippen molar-refractivity contribution in [2.24, 2.45) is 4.99 Å². The summed E-state index contributed by atoms with van der Waals surface area (Å²) in [4.78, 5) is 8.95. The third-order valence-electron chi connectivity index (χ3n) is 3.41. The molecule has 0 aliphatic heterocycles. The molecule has 124 valence electrons. The van der Waals surface area contributed by atoms with E-state index in [1.807, 2.05) is 67.9 Å². The summed E-state index contributed by atoms with van der Waals surface area (Å²) in [5, 5.41) is 15.9. The Bertz CT molecular complexity index is 958. The quantitative estimate of drug-likeness (QED) is 0.331. The SMILES string of the molecule is CSC(=Nc1ccccc1-c1nc(-c2cccc(C)c2)no1)NC#N. The minimum absolute atomic E-state index is 0.383. The fraction of sp³-hybridized carbons (Fsp3) is 0.111. The summed E-state index contributed by atoms with van der Waals surface area (Å²) in [7, 11) is 0. The van der Waals surface area contributed by atoms with Crippen LogP contribution in [0, 0.1) is 18.4 Å². The number of benzene rings is 2. The van der Waals surface area contributed by atoms with Crippen LogP contribution in [0.15, 0.2) is 58.0 Å². The molecule has 0 saturated heterocycles. The van der Waals surface area contributed by atoms with Gasteiger partial charge >= 0.3 is 0 Å². The molecule has 1 aromatic heterocycles. The van der Waals surface area contributed by atoms with Crippen LogP contribution in [-0.2, 0) is 0 Å². The monoisotopic (exact) mass is 349 g/mol. The second-order valence-corrected chi connectivity index (χ2v) is 5.96. The lowest BCUT2D eigenvalue weighted by Crippen LogP contribution is -2.12. The third-order valence-corrected chi connectivity index (χ3v) is 3.99. The smallest absolute Gasteiger partial charge is 0.260 e. The zero-order valence-electron chi connectivity index (χ0n) is 13.7. The third kappa shape index (κ3) is 3.87. The summed E-state index contributed by atoms with van der Waals surface area (Å²) < 4.78 is 5.44. The van der Waals surface area contributed by atoms with Crippen molar-refractivity contribution in [2.75, 3.05) is 6.26 Å². The van der Waals surface area contributed by atoms with Gasteiger partial charge in [0.2, 0.25) is 5.82 Å². The van der Waals surface area contributed by atoms with E-state index in [1.54, 1.807) is 0 Å². The molecule has 3 aromatic rings. The van der Waals surface area contributed by atoms with Crippen molar-refractivity contribution in [3.05, 3.63) is 54.1 Å². The molecule has 2 aromatic carbocycles. The van der Waals surface area contributed by atoms with E-state index in [0.717, 1.165) is 11.1 Å². The van der Waals surface area contributed by atoms with Gasteiger partial charge in [0.1, 0.15) is 0 Å². The first-order valence-electron chi connectivity index (χ1n) is 7.49. The number of hydrogen-bond donors (Lipinski definition) is 1. The summed E-state index contributed by atoms with van der Waals surface area (Å²) in [6, 6.07) is 15.3. The molecule has 25 heavy (non-hydrogen) atoms. The van der Waals surface area contributed by atoms with Gasteiger partial charge in [-0.05, 0) is 31.4 Å². The second-order valence-electron chi connectivity index (χ2n) is 5.17. The highest BCUT2D eigenvalue weighted by Gasteiger charge is 2.14. The zero-order chi connectivity index (χ0) is 17.6. The van der Waals surface area contributed by atoms with Crippen molar-refractivity contribution in [3.63, 3.8) is 0 Å². The molecule has 6 nitrogen and oxygen atoms in total. The van der Waals surface area contributed by atoms with Crippen molar-refractivity contribution < 1.29 is 4.52 Å². The molecular formula is C18H15N5OS. The Morgan fingerprint density at radius 1 is 1.24 bits per heavy atom. The highest BCUT2D eigenvalue weighted by atomic mass is 32.2. The normalized spacial score (nSPS) is 11.2. The van der Waals surface area contributed by atoms with Crippen LogP contribution in [0.2, 0.25) is 0 Å². The van der Waals surface area contributed by atoms with Crippen LogP contribution >= 0.6 is 11.8 Å². The zero-order valence-corrected chi connectivity index (χ0v) is 14.5. The highest BCUT2D eigenvalue weighted by Crippen LogP contribution is 2.31. The number of rotatable bonds is 3. The molecule has 0 fully saturated rings. The van der Waals surface area contributed by atoms with Crippen LogP contribution < -0.4 is 5.32 Å². The van der Waals surface area contributed by atoms with Crippen LogP contribution in [0.4, 0.5) is 5.69 Å². The largest absolute Gasteiger partial charge is 0.334 e. The van der Waals surface area contributed by atoms with E-state index < -0.39 is 0 Å². The standard InChI is InChI=1S/C18H15N5OS/c1-12-6-5-7-13(10-12)16-22-17(24-23-16)14-8-3-4-9-15(14)21-18(25-2)20-11-19/h3-10H,1-2H3,(H,20,21). The molecule has 1 N–H and O–H groups in total. The molecule has 0 aliphatic carbocycles. The number of aromatic nitrogens is 2. The molecule has 7 heteroatoms. The van der Waals surface area contributed by atoms with Crippen LogP contribution in [0.25, 0.3) is 22.8 Å². The molecule has 0 aliphatic rings. The average molecular weight is 349 g/mol. The van der Waals surface area contributed by atoms with Crippen LogP contribution in [-0.4, -0.2) is 21.6 Å². The molecule has 0 bridgehead atoms. The van der Waals surface area contributed by atoms with E-state index in [2.05, 4.69) is 20.4 Å². The molecule has 0 saturated carbocycles. The van der Waals surface area contributed by atoms with E-state index >= 15 is 0 Å². The van der Waals surface area contributed by atoms with Gasteiger partial charge in [-0.25, -0.2) is 4.99 Å². The highest BCUT2D eigenvalue weighted by molar-refractivity contribution is 8.13. The fourth-order valence-electron chi connectivity index (χ4n) is 2.27. The Morgan fingerprint density at radius 2 is 2.08 bits per heavy atom. The van der Waals surface area contributed by atoms with Gasteiger partial charge in [-0.15, -0.1) is 0 Å². The minimum Gasteiger partial charge on any atom is -0.334 e. The van der Waals surface area contributed by atoms with E-state index in [0.29, 0.717) is 28.1 Å². The number of nitrogens with one attached hydrogen (secondary N) is 1. The Kier molecular flexibility index (Phi) is 5.11. The maximum atomic E-state index is 8.79. The van der Waals surface area contributed by atoms with Gasteiger partial charge < -0.3 is 4.52 Å². The van der Waals surface area contributed by atoms with Crippen LogP contribution in [0.3, 0.4) is 0 Å². The predicted molar refractivity (Wildman–Crippen MR) is 99.3 cm³/mol. The summed E-state index contributed by atoms with van der Waals surface area (Å²) in [5.41, 5.74) is 3.38. The Morgan fingerprint density at radius 3 is 2.84 bits per heavy atom. The topological polar surface area (TPSA) is 87.1 Å². The molecular weight excluding hydrogens is 334 g/mol. The number of amidine groups is 1. The average Bonchev–Trinajstić information content (AvgIpc) is 3.12. The molecule has 0 amide bonds. The lowest BCUT2D eigenvalue weighted by Gasteiger charge is -2.03. The number of nitrogens with zero attached hydrogens (tertiary/aromatic N) is 4. The van der Waals surface area contributed by atoms with Crippen molar-refractivity contribution in [2.45, 2.75) is 6.92 Å². The van der Waals surface area contributed by atoms with Crippen molar-refractivity contribution in [1.29, 1.82) is 5.26 Å². The van der Waals surface area contributed by atoms with Crippen molar-refractivity contribution >= 4 is 22.6 Å². The van der Waals surface area contributed by atoms with E-state index in [9.17, 15) is 0 Å². The van der Waals surface area contributed by atoms with Gasteiger partial charge in [-0.1, -0.05) is 52.8 Å². The number of nitriles is 1. The van der Waals surface area contributed by atoms with Gasteiger partial charge in [0.05, 0.1) is 11.3 Å². The first-order valence-corrected chi connectivity index (χ1v) is 8.71. The van der Waals surface area contributed by atoms with Crippen molar-refractivity contribution in [3.8, 4) is 29.0 Å². The lowest BCUT2D eigenvalue weighted by atomic mass is 10.1. The number of aryl methyl sites for hydroxylation is 1. The Balaban J connectivity index is 2.00.